The standard InChI is InChI=1S/C14H18FN3O2/c1-20-8-6-18(5-7-19)14-11(15)9-12(16)10-3-2-4-17-13(10)14/h2-4,9,19H,5-8,16H2,1H3. The fourth-order valence-corrected chi connectivity index (χ4v) is 2.18. The van der Waals surface area contributed by atoms with Gasteiger partial charge in [-0.1, -0.05) is 0 Å². The number of halogens is 1. The minimum Gasteiger partial charge on any atom is -0.398 e. The van der Waals surface area contributed by atoms with Crippen LogP contribution in [0.5, 0.6) is 0 Å². The van der Waals surface area contributed by atoms with Crippen LogP contribution in [0.15, 0.2) is 24.4 Å². The molecular weight excluding hydrogens is 261 g/mol. The molecule has 1 heterocycles. The van der Waals surface area contributed by atoms with Crippen LogP contribution in [0.1, 0.15) is 0 Å². The largest absolute Gasteiger partial charge is 0.398 e. The topological polar surface area (TPSA) is 71.6 Å². The van der Waals surface area contributed by atoms with Crippen molar-refractivity contribution in [2.24, 2.45) is 0 Å². The van der Waals surface area contributed by atoms with Crippen molar-refractivity contribution in [3.05, 3.63) is 30.2 Å². The number of hydrogen-bond donors (Lipinski definition) is 2. The van der Waals surface area contributed by atoms with Gasteiger partial charge in [-0.05, 0) is 18.2 Å². The molecule has 2 rings (SSSR count). The van der Waals surface area contributed by atoms with Gasteiger partial charge in [-0.3, -0.25) is 4.98 Å². The number of aliphatic hydroxyl groups is 1. The molecule has 3 N–H and O–H groups in total. The lowest BCUT2D eigenvalue weighted by molar-refractivity contribution is 0.202. The van der Waals surface area contributed by atoms with Gasteiger partial charge in [0, 0.05) is 37.5 Å². The van der Waals surface area contributed by atoms with E-state index in [1.807, 2.05) is 0 Å². The molecule has 0 aliphatic heterocycles. The molecule has 0 amide bonds. The van der Waals surface area contributed by atoms with Crippen molar-refractivity contribution in [1.29, 1.82) is 0 Å². The second-order valence-electron chi connectivity index (χ2n) is 4.40. The van der Waals surface area contributed by atoms with Crippen molar-refractivity contribution < 1.29 is 14.2 Å². The summed E-state index contributed by atoms with van der Waals surface area (Å²) in [5.41, 5.74) is 7.02. The number of methoxy groups -OCH3 is 1. The Balaban J connectivity index is 2.55. The second-order valence-corrected chi connectivity index (χ2v) is 4.40. The number of aliphatic hydroxyl groups excluding tert-OH is 1. The summed E-state index contributed by atoms with van der Waals surface area (Å²) in [7, 11) is 1.58. The molecule has 0 atom stereocenters. The molecule has 0 saturated heterocycles. The van der Waals surface area contributed by atoms with Crippen molar-refractivity contribution >= 4 is 22.3 Å². The van der Waals surface area contributed by atoms with Crippen molar-refractivity contribution in [2.75, 3.05) is 44.0 Å². The first-order valence-electron chi connectivity index (χ1n) is 6.36. The van der Waals surface area contributed by atoms with Crippen LogP contribution >= 0.6 is 0 Å². The molecule has 0 aliphatic rings. The lowest BCUT2D eigenvalue weighted by Gasteiger charge is -2.25. The molecule has 0 radical (unpaired) electrons. The molecule has 20 heavy (non-hydrogen) atoms. The minimum absolute atomic E-state index is 0.0815. The van der Waals surface area contributed by atoms with Gasteiger partial charge in [0.2, 0.25) is 0 Å². The summed E-state index contributed by atoms with van der Waals surface area (Å²) in [5, 5.41) is 9.86. The van der Waals surface area contributed by atoms with E-state index in [9.17, 15) is 4.39 Å². The van der Waals surface area contributed by atoms with E-state index >= 15 is 0 Å². The highest BCUT2D eigenvalue weighted by atomic mass is 19.1. The Hall–Kier alpha value is -1.92. The monoisotopic (exact) mass is 279 g/mol. The average molecular weight is 279 g/mol. The average Bonchev–Trinajstić information content (AvgIpc) is 2.44. The molecule has 0 bridgehead atoms. The Morgan fingerprint density at radius 1 is 1.45 bits per heavy atom. The van der Waals surface area contributed by atoms with E-state index in [0.717, 1.165) is 0 Å². The number of aromatic nitrogens is 1. The van der Waals surface area contributed by atoms with E-state index in [-0.39, 0.29) is 6.61 Å². The third kappa shape index (κ3) is 2.81. The van der Waals surface area contributed by atoms with E-state index in [0.29, 0.717) is 42.0 Å². The number of hydrogen-bond acceptors (Lipinski definition) is 5. The number of rotatable bonds is 6. The predicted octanol–water partition coefficient (Wildman–Crippen LogP) is 1.40. The van der Waals surface area contributed by atoms with Crippen molar-refractivity contribution in [1.82, 2.24) is 4.98 Å². The van der Waals surface area contributed by atoms with Crippen LogP contribution in [-0.2, 0) is 4.74 Å². The predicted molar refractivity (Wildman–Crippen MR) is 77.3 cm³/mol. The zero-order valence-electron chi connectivity index (χ0n) is 11.3. The summed E-state index contributed by atoms with van der Waals surface area (Å²) in [4.78, 5) is 5.95. The molecule has 1 aromatic heterocycles. The van der Waals surface area contributed by atoms with E-state index in [4.69, 9.17) is 15.6 Å². The summed E-state index contributed by atoms with van der Waals surface area (Å²) >= 11 is 0. The molecule has 0 unspecified atom stereocenters. The van der Waals surface area contributed by atoms with Gasteiger partial charge in [0.05, 0.1) is 24.4 Å². The molecule has 1 aromatic carbocycles. The van der Waals surface area contributed by atoms with Crippen LogP contribution in [-0.4, -0.2) is 43.5 Å². The number of fused-ring (bicyclic) bond motifs is 1. The number of nitrogens with zero attached hydrogens (tertiary/aromatic N) is 2. The zero-order chi connectivity index (χ0) is 14.5. The number of pyridine rings is 1. The highest BCUT2D eigenvalue weighted by molar-refractivity contribution is 5.98. The van der Waals surface area contributed by atoms with Gasteiger partial charge < -0.3 is 20.5 Å². The van der Waals surface area contributed by atoms with Gasteiger partial charge in [-0.15, -0.1) is 0 Å². The van der Waals surface area contributed by atoms with Crippen molar-refractivity contribution in [3.63, 3.8) is 0 Å². The van der Waals surface area contributed by atoms with Crippen LogP contribution in [0, 0.1) is 5.82 Å². The number of nitrogen functional groups attached to an aromatic ring is 1. The molecule has 0 fully saturated rings. The van der Waals surface area contributed by atoms with Gasteiger partial charge in [-0.2, -0.15) is 0 Å². The number of ether oxygens (including phenoxy) is 1. The molecule has 0 aliphatic carbocycles. The van der Waals surface area contributed by atoms with Crippen LogP contribution < -0.4 is 10.6 Å². The molecule has 6 heteroatoms. The van der Waals surface area contributed by atoms with Crippen LogP contribution in [0.25, 0.3) is 10.9 Å². The quantitative estimate of drug-likeness (QED) is 0.782. The number of benzene rings is 1. The maximum atomic E-state index is 14.3. The number of nitrogens with two attached hydrogens (primary N) is 1. The summed E-state index contributed by atoms with van der Waals surface area (Å²) < 4.78 is 19.3. The van der Waals surface area contributed by atoms with E-state index < -0.39 is 5.82 Å². The maximum absolute atomic E-state index is 14.3. The fraction of sp³-hybridized carbons (Fsp3) is 0.357. The van der Waals surface area contributed by atoms with Gasteiger partial charge in [0.25, 0.3) is 0 Å². The lowest BCUT2D eigenvalue weighted by Crippen LogP contribution is -2.31. The molecular formula is C14H18FN3O2. The third-order valence-electron chi connectivity index (χ3n) is 3.10. The zero-order valence-corrected chi connectivity index (χ0v) is 11.3. The van der Waals surface area contributed by atoms with E-state index in [1.54, 1.807) is 30.3 Å². The van der Waals surface area contributed by atoms with Crippen LogP contribution in [0.4, 0.5) is 15.8 Å². The van der Waals surface area contributed by atoms with Crippen LogP contribution in [0.2, 0.25) is 0 Å². The van der Waals surface area contributed by atoms with Crippen molar-refractivity contribution in [2.45, 2.75) is 0 Å². The van der Waals surface area contributed by atoms with Gasteiger partial charge >= 0.3 is 0 Å². The summed E-state index contributed by atoms with van der Waals surface area (Å²) in [5.74, 6) is -0.446. The minimum atomic E-state index is -0.446. The molecule has 0 spiro atoms. The Morgan fingerprint density at radius 2 is 2.25 bits per heavy atom. The first-order chi connectivity index (χ1) is 9.69. The molecule has 0 saturated carbocycles. The fourth-order valence-electron chi connectivity index (χ4n) is 2.18. The van der Waals surface area contributed by atoms with E-state index in [1.165, 1.54) is 6.07 Å². The molecule has 108 valence electrons. The van der Waals surface area contributed by atoms with Crippen LogP contribution in [0.3, 0.4) is 0 Å². The smallest absolute Gasteiger partial charge is 0.150 e. The molecule has 5 nitrogen and oxygen atoms in total. The maximum Gasteiger partial charge on any atom is 0.150 e. The first kappa shape index (κ1) is 14.5. The Labute approximate surface area is 116 Å². The Bertz CT molecular complexity index is 592. The summed E-state index contributed by atoms with van der Waals surface area (Å²) in [6.07, 6.45) is 1.60. The Morgan fingerprint density at radius 3 is 2.95 bits per heavy atom. The van der Waals surface area contributed by atoms with Crippen molar-refractivity contribution in [3.8, 4) is 0 Å². The van der Waals surface area contributed by atoms with Gasteiger partial charge in [0.15, 0.2) is 5.82 Å². The lowest BCUT2D eigenvalue weighted by atomic mass is 10.1. The highest BCUT2D eigenvalue weighted by Gasteiger charge is 2.17. The third-order valence-corrected chi connectivity index (χ3v) is 3.10. The van der Waals surface area contributed by atoms with Gasteiger partial charge in [0.1, 0.15) is 0 Å². The SMILES string of the molecule is COCCN(CCO)c1c(F)cc(N)c2cccnc12. The highest BCUT2D eigenvalue weighted by Crippen LogP contribution is 2.32. The second kappa shape index (κ2) is 6.49. The molecule has 2 aromatic rings. The first-order valence-corrected chi connectivity index (χ1v) is 6.36. The summed E-state index contributed by atoms with van der Waals surface area (Å²) in [6.45, 7) is 1.11. The van der Waals surface area contributed by atoms with Gasteiger partial charge in [-0.25, -0.2) is 4.39 Å². The Kier molecular flexibility index (Phi) is 4.70. The van der Waals surface area contributed by atoms with E-state index in [2.05, 4.69) is 4.98 Å². The number of anilines is 2. The normalized spacial score (nSPS) is 10.9. The summed E-state index contributed by atoms with van der Waals surface area (Å²) in [6, 6.07) is 4.84.